The zero-order chi connectivity index (χ0) is 9.14. The van der Waals surface area contributed by atoms with Crippen LogP contribution in [0.4, 0.5) is 9.59 Å². The number of nitrogens with zero attached hydrogens (tertiary/aromatic N) is 2. The predicted octanol–water partition coefficient (Wildman–Crippen LogP) is -0.989. The normalized spacial score (nSPS) is 15.7. The van der Waals surface area contributed by atoms with Crippen LogP contribution in [0.1, 0.15) is 0 Å². The highest BCUT2D eigenvalue weighted by atomic mass is 32.2. The van der Waals surface area contributed by atoms with E-state index in [2.05, 4.69) is 10.4 Å². The zero-order valence-corrected chi connectivity index (χ0v) is 6.80. The van der Waals surface area contributed by atoms with Gasteiger partial charge in [-0.1, -0.05) is 11.8 Å². The lowest BCUT2D eigenvalue weighted by atomic mass is 10.9. The Kier molecular flexibility index (Phi) is 2.38. The van der Waals surface area contributed by atoms with Crippen LogP contribution in [0.25, 0.3) is 0 Å². The number of urea groups is 2. The minimum absolute atomic E-state index is 0.279. The van der Waals surface area contributed by atoms with Crippen LogP contribution in [0.5, 0.6) is 0 Å². The summed E-state index contributed by atoms with van der Waals surface area (Å²) in [6, 6.07) is -1.38. The van der Waals surface area contributed by atoms with Crippen LogP contribution < -0.4 is 16.8 Å². The van der Waals surface area contributed by atoms with Gasteiger partial charge in [0.2, 0.25) is 0 Å². The second kappa shape index (κ2) is 3.30. The monoisotopic (exact) mass is 189 g/mol. The summed E-state index contributed by atoms with van der Waals surface area (Å²) in [4.78, 5) is 20.8. The molecule has 0 radical (unpaired) electrons. The van der Waals surface area contributed by atoms with Gasteiger partial charge in [0.05, 0.1) is 5.88 Å². The third-order valence-corrected chi connectivity index (χ3v) is 1.85. The van der Waals surface area contributed by atoms with Gasteiger partial charge in [0, 0.05) is 0 Å². The smallest absolute Gasteiger partial charge is 0.336 e. The van der Waals surface area contributed by atoms with E-state index < -0.39 is 12.1 Å². The number of nitrogens with two attached hydrogens (primary N) is 2. The Hall–Kier alpha value is -1.44. The SMILES string of the molecule is NC(=O)NC1=NN(C(N)=O)CS1. The number of nitrogens with one attached hydrogen (secondary N) is 1. The number of hydrazone groups is 1. The van der Waals surface area contributed by atoms with Crippen molar-refractivity contribution in [3.8, 4) is 0 Å². The molecule has 0 aliphatic carbocycles. The van der Waals surface area contributed by atoms with E-state index in [-0.39, 0.29) is 5.17 Å². The Morgan fingerprint density at radius 1 is 1.58 bits per heavy atom. The molecule has 1 aliphatic heterocycles. The van der Waals surface area contributed by atoms with E-state index in [1.807, 2.05) is 0 Å². The summed E-state index contributed by atoms with van der Waals surface area (Å²) >= 11 is 1.17. The average Bonchev–Trinajstić information content (AvgIpc) is 2.34. The maximum absolute atomic E-state index is 10.5. The van der Waals surface area contributed by atoms with Crippen molar-refractivity contribution in [2.24, 2.45) is 16.6 Å². The van der Waals surface area contributed by atoms with E-state index in [0.29, 0.717) is 5.88 Å². The number of carbonyl (C=O) groups is 2. The Labute approximate surface area is 72.1 Å². The minimum Gasteiger partial charge on any atom is -0.351 e. The average molecular weight is 189 g/mol. The molecule has 0 bridgehead atoms. The molecular weight excluding hydrogens is 182 g/mol. The highest BCUT2D eigenvalue weighted by Crippen LogP contribution is 2.14. The highest BCUT2D eigenvalue weighted by Gasteiger charge is 2.19. The molecule has 7 nitrogen and oxygen atoms in total. The zero-order valence-electron chi connectivity index (χ0n) is 5.98. The van der Waals surface area contributed by atoms with Gasteiger partial charge in [-0.05, 0) is 0 Å². The fourth-order valence-electron chi connectivity index (χ4n) is 0.569. The molecule has 0 aromatic rings. The molecule has 0 atom stereocenters. The van der Waals surface area contributed by atoms with Crippen molar-refractivity contribution < 1.29 is 9.59 Å². The molecule has 8 heteroatoms. The number of thioether (sulfide) groups is 1. The van der Waals surface area contributed by atoms with Crippen LogP contribution in [0.2, 0.25) is 0 Å². The van der Waals surface area contributed by atoms with Crippen molar-refractivity contribution in [2.75, 3.05) is 5.88 Å². The summed E-state index contributed by atoms with van der Waals surface area (Å²) in [5.41, 5.74) is 9.73. The van der Waals surface area contributed by atoms with E-state index in [1.54, 1.807) is 0 Å². The second-order valence-electron chi connectivity index (χ2n) is 1.91. The summed E-state index contributed by atoms with van der Waals surface area (Å²) in [6.45, 7) is 0. The van der Waals surface area contributed by atoms with Crippen LogP contribution in [-0.4, -0.2) is 28.1 Å². The lowest BCUT2D eigenvalue weighted by molar-refractivity contribution is 0.219. The lowest BCUT2D eigenvalue weighted by Gasteiger charge is -2.03. The van der Waals surface area contributed by atoms with Crippen molar-refractivity contribution in [3.05, 3.63) is 0 Å². The van der Waals surface area contributed by atoms with Crippen molar-refractivity contribution in [1.82, 2.24) is 10.3 Å². The van der Waals surface area contributed by atoms with Crippen LogP contribution in [0.15, 0.2) is 5.10 Å². The highest BCUT2D eigenvalue weighted by molar-refractivity contribution is 8.14. The Bertz CT molecular complexity index is 252. The predicted molar refractivity (Wildman–Crippen MR) is 44.0 cm³/mol. The first kappa shape index (κ1) is 8.65. The number of carbonyl (C=O) groups excluding carboxylic acids is 2. The summed E-state index contributed by atoms with van der Waals surface area (Å²) in [6.07, 6.45) is 0. The molecule has 12 heavy (non-hydrogen) atoms. The molecule has 0 aromatic heterocycles. The van der Waals surface area contributed by atoms with E-state index in [1.165, 1.54) is 11.8 Å². The van der Waals surface area contributed by atoms with Gasteiger partial charge in [-0.15, -0.1) is 5.10 Å². The maximum Gasteiger partial charge on any atom is 0.336 e. The van der Waals surface area contributed by atoms with E-state index in [4.69, 9.17) is 11.5 Å². The van der Waals surface area contributed by atoms with Gasteiger partial charge in [-0.2, -0.15) is 0 Å². The topological polar surface area (TPSA) is 114 Å². The molecule has 0 saturated carbocycles. The second-order valence-corrected chi connectivity index (χ2v) is 2.84. The van der Waals surface area contributed by atoms with E-state index >= 15 is 0 Å². The number of primary amides is 2. The summed E-state index contributed by atoms with van der Waals surface area (Å²) in [5.74, 6) is 0.297. The third-order valence-electron chi connectivity index (χ3n) is 1.02. The van der Waals surface area contributed by atoms with Crippen LogP contribution in [0, 0.1) is 0 Å². The van der Waals surface area contributed by atoms with E-state index in [0.717, 1.165) is 5.01 Å². The number of rotatable bonds is 0. The molecule has 1 rings (SSSR count). The largest absolute Gasteiger partial charge is 0.351 e. The van der Waals surface area contributed by atoms with Crippen molar-refractivity contribution in [2.45, 2.75) is 0 Å². The maximum atomic E-state index is 10.5. The molecule has 66 valence electrons. The molecule has 4 amide bonds. The third kappa shape index (κ3) is 2.02. The molecule has 1 heterocycles. The van der Waals surface area contributed by atoms with Gasteiger partial charge >= 0.3 is 12.1 Å². The first-order valence-corrected chi connectivity index (χ1v) is 3.93. The van der Waals surface area contributed by atoms with Crippen LogP contribution >= 0.6 is 11.8 Å². The number of amides is 4. The van der Waals surface area contributed by atoms with E-state index in [9.17, 15) is 9.59 Å². The Morgan fingerprint density at radius 2 is 2.25 bits per heavy atom. The van der Waals surface area contributed by atoms with Gasteiger partial charge < -0.3 is 11.5 Å². The van der Waals surface area contributed by atoms with Crippen LogP contribution in [-0.2, 0) is 0 Å². The van der Waals surface area contributed by atoms with Crippen molar-refractivity contribution in [1.29, 1.82) is 0 Å². The van der Waals surface area contributed by atoms with Gasteiger partial charge in [0.1, 0.15) is 0 Å². The molecule has 0 saturated heterocycles. The number of hydrogen-bond acceptors (Lipinski definition) is 4. The number of amidine groups is 1. The number of hydrogen-bond donors (Lipinski definition) is 3. The van der Waals surface area contributed by atoms with Crippen molar-refractivity contribution in [3.63, 3.8) is 0 Å². The molecule has 0 spiro atoms. The molecule has 1 aliphatic rings. The fourth-order valence-corrected chi connectivity index (χ4v) is 1.33. The molecular formula is C4H7N5O2S. The lowest BCUT2D eigenvalue weighted by Crippen LogP contribution is -2.33. The van der Waals surface area contributed by atoms with Crippen LogP contribution in [0.3, 0.4) is 0 Å². The molecule has 5 N–H and O–H groups in total. The van der Waals surface area contributed by atoms with Gasteiger partial charge in [-0.3, -0.25) is 5.32 Å². The minimum atomic E-state index is -0.715. The van der Waals surface area contributed by atoms with Gasteiger partial charge in [-0.25, -0.2) is 14.6 Å². The molecule has 0 aromatic carbocycles. The molecule has 0 fully saturated rings. The Balaban J connectivity index is 2.54. The first-order valence-electron chi connectivity index (χ1n) is 2.94. The van der Waals surface area contributed by atoms with Gasteiger partial charge in [0.25, 0.3) is 0 Å². The Morgan fingerprint density at radius 3 is 2.67 bits per heavy atom. The van der Waals surface area contributed by atoms with Crippen molar-refractivity contribution >= 4 is 29.0 Å². The fraction of sp³-hybridized carbons (Fsp3) is 0.250. The summed E-state index contributed by atoms with van der Waals surface area (Å²) in [5, 5.41) is 7.19. The summed E-state index contributed by atoms with van der Waals surface area (Å²) < 4.78 is 0. The van der Waals surface area contributed by atoms with Gasteiger partial charge in [0.15, 0.2) is 5.17 Å². The molecule has 0 unspecified atom stereocenters. The summed E-state index contributed by atoms with van der Waals surface area (Å²) in [7, 11) is 0. The quantitative estimate of drug-likeness (QED) is 0.454. The first-order chi connectivity index (χ1) is 5.59. The standard InChI is InChI=1S/C4H7N5O2S/c5-2(10)7-4-8-9(1-12-4)3(6)11/h1H2,(H2,6,11)(H3,5,7,8,10).